The minimum absolute atomic E-state index is 0.0252. The van der Waals surface area contributed by atoms with Crippen LogP contribution in [0.2, 0.25) is 0 Å². The maximum atomic E-state index is 12.3. The van der Waals surface area contributed by atoms with Crippen LogP contribution in [0.15, 0.2) is 48.0 Å². The molecular weight excluding hydrogens is 312 g/mol. The van der Waals surface area contributed by atoms with Crippen LogP contribution in [0.5, 0.6) is 5.75 Å². The lowest BCUT2D eigenvalue weighted by Crippen LogP contribution is -2.14. The molecule has 0 spiro atoms. The molecule has 0 saturated carbocycles. The lowest BCUT2D eigenvalue weighted by atomic mass is 10.1. The van der Waals surface area contributed by atoms with Gasteiger partial charge in [0.2, 0.25) is 0 Å². The van der Waals surface area contributed by atoms with Gasteiger partial charge in [-0.05, 0) is 49.2 Å². The zero-order chi connectivity index (χ0) is 18.2. The van der Waals surface area contributed by atoms with E-state index in [1.807, 2.05) is 38.1 Å². The quantitative estimate of drug-likeness (QED) is 0.514. The molecule has 1 amide bonds. The number of terminal acetylenes is 1. The smallest absolute Gasteiger partial charge is 0.266 e. The second-order valence-corrected chi connectivity index (χ2v) is 5.50. The Morgan fingerprint density at radius 1 is 1.24 bits per heavy atom. The lowest BCUT2D eigenvalue weighted by Gasteiger charge is -2.08. The van der Waals surface area contributed by atoms with Gasteiger partial charge in [0.25, 0.3) is 5.91 Å². The zero-order valence-electron chi connectivity index (χ0n) is 14.2. The first-order valence-electron chi connectivity index (χ1n) is 7.70. The van der Waals surface area contributed by atoms with Crippen LogP contribution in [0.4, 0.5) is 5.69 Å². The fourth-order valence-electron chi connectivity index (χ4n) is 2.24. The number of carbonyl (C=O) groups excluding carboxylic acids is 1. The number of rotatable bonds is 5. The van der Waals surface area contributed by atoms with Gasteiger partial charge in [0.15, 0.2) is 0 Å². The van der Waals surface area contributed by atoms with Crippen molar-refractivity contribution in [1.29, 1.82) is 5.26 Å². The number of hydrogen-bond donors (Lipinski definition) is 1. The summed E-state index contributed by atoms with van der Waals surface area (Å²) in [6, 6.07) is 14.6. The number of aryl methyl sites for hydroxylation is 2. The average molecular weight is 330 g/mol. The summed E-state index contributed by atoms with van der Waals surface area (Å²) in [5, 5.41) is 12.1. The Balaban J connectivity index is 2.15. The standard InChI is InChI=1S/C21H18N2O2/c1-4-11-25-19-8-6-17(7-9-19)13-18(14-22)21(24)23-20-10-5-15(2)12-16(20)3/h1,5-10,12-13H,11H2,2-3H3,(H,23,24)/b18-13-. The summed E-state index contributed by atoms with van der Waals surface area (Å²) in [7, 11) is 0. The van der Waals surface area contributed by atoms with E-state index in [1.165, 1.54) is 6.08 Å². The van der Waals surface area contributed by atoms with Crippen molar-refractivity contribution in [1.82, 2.24) is 0 Å². The van der Waals surface area contributed by atoms with Crippen LogP contribution in [-0.2, 0) is 4.79 Å². The molecule has 1 N–H and O–H groups in total. The highest BCUT2D eigenvalue weighted by Crippen LogP contribution is 2.18. The van der Waals surface area contributed by atoms with E-state index in [9.17, 15) is 10.1 Å². The summed E-state index contributed by atoms with van der Waals surface area (Å²) in [5.74, 6) is 2.58. The number of amides is 1. The summed E-state index contributed by atoms with van der Waals surface area (Å²) in [4.78, 5) is 12.3. The van der Waals surface area contributed by atoms with Crippen molar-refractivity contribution in [3.05, 3.63) is 64.7 Å². The third kappa shape index (κ3) is 4.99. The molecule has 0 heterocycles. The molecule has 0 saturated heterocycles. The summed E-state index contributed by atoms with van der Waals surface area (Å²) < 4.78 is 5.29. The van der Waals surface area contributed by atoms with Crippen LogP contribution in [0, 0.1) is 37.5 Å². The Kier molecular flexibility index (Phi) is 5.98. The van der Waals surface area contributed by atoms with Crippen molar-refractivity contribution in [2.45, 2.75) is 13.8 Å². The van der Waals surface area contributed by atoms with Crippen molar-refractivity contribution in [2.24, 2.45) is 0 Å². The minimum atomic E-state index is -0.442. The number of carbonyl (C=O) groups is 1. The summed E-state index contributed by atoms with van der Waals surface area (Å²) >= 11 is 0. The monoisotopic (exact) mass is 330 g/mol. The van der Waals surface area contributed by atoms with Crippen LogP contribution in [0.3, 0.4) is 0 Å². The fraction of sp³-hybridized carbons (Fsp3) is 0.143. The van der Waals surface area contributed by atoms with Gasteiger partial charge in [-0.1, -0.05) is 35.7 Å². The topological polar surface area (TPSA) is 62.1 Å². The first kappa shape index (κ1) is 17.8. The van der Waals surface area contributed by atoms with Gasteiger partial charge < -0.3 is 10.1 Å². The van der Waals surface area contributed by atoms with Gasteiger partial charge in [-0.15, -0.1) is 6.42 Å². The van der Waals surface area contributed by atoms with Gasteiger partial charge in [-0.2, -0.15) is 5.26 Å². The third-order valence-electron chi connectivity index (χ3n) is 3.51. The van der Waals surface area contributed by atoms with Crippen LogP contribution in [0.25, 0.3) is 6.08 Å². The highest BCUT2D eigenvalue weighted by atomic mass is 16.5. The first-order valence-corrected chi connectivity index (χ1v) is 7.70. The van der Waals surface area contributed by atoms with Crippen LogP contribution < -0.4 is 10.1 Å². The van der Waals surface area contributed by atoms with Crippen molar-refractivity contribution in [2.75, 3.05) is 11.9 Å². The Bertz CT molecular complexity index is 882. The van der Waals surface area contributed by atoms with Gasteiger partial charge in [0.05, 0.1) is 0 Å². The largest absolute Gasteiger partial charge is 0.481 e. The zero-order valence-corrected chi connectivity index (χ0v) is 14.2. The van der Waals surface area contributed by atoms with Crippen molar-refractivity contribution in [3.63, 3.8) is 0 Å². The Morgan fingerprint density at radius 3 is 2.56 bits per heavy atom. The molecule has 0 aliphatic carbocycles. The molecule has 0 unspecified atom stereocenters. The van der Waals surface area contributed by atoms with Crippen LogP contribution >= 0.6 is 0 Å². The van der Waals surface area contributed by atoms with E-state index in [0.29, 0.717) is 11.4 Å². The number of nitrogens with zero attached hydrogens (tertiary/aromatic N) is 1. The molecule has 4 heteroatoms. The third-order valence-corrected chi connectivity index (χ3v) is 3.51. The van der Waals surface area contributed by atoms with Crippen LogP contribution in [0.1, 0.15) is 16.7 Å². The maximum Gasteiger partial charge on any atom is 0.266 e. The molecule has 0 aliphatic rings. The summed E-state index contributed by atoms with van der Waals surface area (Å²) in [5.41, 5.74) is 3.49. The molecule has 124 valence electrons. The second kappa shape index (κ2) is 8.38. The van der Waals surface area contributed by atoms with Gasteiger partial charge in [0.1, 0.15) is 24.0 Å². The Hall–Kier alpha value is -3.50. The van der Waals surface area contributed by atoms with Gasteiger partial charge in [0, 0.05) is 5.69 Å². The predicted octanol–water partition coefficient (Wildman–Crippen LogP) is 3.86. The molecule has 25 heavy (non-hydrogen) atoms. The molecule has 4 nitrogen and oxygen atoms in total. The van der Waals surface area contributed by atoms with E-state index in [0.717, 1.165) is 16.7 Å². The van der Waals surface area contributed by atoms with E-state index in [-0.39, 0.29) is 12.2 Å². The van der Waals surface area contributed by atoms with E-state index in [1.54, 1.807) is 24.3 Å². The number of nitrogens with one attached hydrogen (secondary N) is 1. The van der Waals surface area contributed by atoms with Crippen LogP contribution in [-0.4, -0.2) is 12.5 Å². The molecular formula is C21H18N2O2. The molecule has 2 aromatic carbocycles. The van der Waals surface area contributed by atoms with E-state index >= 15 is 0 Å². The number of benzene rings is 2. The molecule has 2 aromatic rings. The molecule has 2 rings (SSSR count). The second-order valence-electron chi connectivity index (χ2n) is 5.50. The number of ether oxygens (including phenoxy) is 1. The van der Waals surface area contributed by atoms with Gasteiger partial charge in [-0.25, -0.2) is 0 Å². The highest BCUT2D eigenvalue weighted by molar-refractivity contribution is 6.09. The molecule has 0 bridgehead atoms. The first-order chi connectivity index (χ1) is 12.0. The Morgan fingerprint density at radius 2 is 1.96 bits per heavy atom. The molecule has 0 aromatic heterocycles. The number of hydrogen-bond acceptors (Lipinski definition) is 3. The Labute approximate surface area is 147 Å². The van der Waals surface area contributed by atoms with Crippen molar-refractivity contribution >= 4 is 17.7 Å². The molecule has 0 atom stereocenters. The highest BCUT2D eigenvalue weighted by Gasteiger charge is 2.11. The van der Waals surface area contributed by atoms with Gasteiger partial charge >= 0.3 is 0 Å². The maximum absolute atomic E-state index is 12.3. The van der Waals surface area contributed by atoms with E-state index < -0.39 is 5.91 Å². The lowest BCUT2D eigenvalue weighted by molar-refractivity contribution is -0.112. The summed E-state index contributed by atoms with van der Waals surface area (Å²) in [6.45, 7) is 4.08. The minimum Gasteiger partial charge on any atom is -0.481 e. The SMILES string of the molecule is C#CCOc1ccc(/C=C(/C#N)C(=O)Nc2ccc(C)cc2C)cc1. The predicted molar refractivity (Wildman–Crippen MR) is 98.9 cm³/mol. The normalized spacial score (nSPS) is 10.5. The van der Waals surface area contributed by atoms with Crippen molar-refractivity contribution in [3.8, 4) is 24.2 Å². The molecule has 0 aliphatic heterocycles. The molecule has 0 fully saturated rings. The van der Waals surface area contributed by atoms with Crippen molar-refractivity contribution < 1.29 is 9.53 Å². The number of anilines is 1. The summed E-state index contributed by atoms with van der Waals surface area (Å²) in [6.07, 6.45) is 6.67. The average Bonchev–Trinajstić information content (AvgIpc) is 2.61. The van der Waals surface area contributed by atoms with Gasteiger partial charge in [-0.3, -0.25) is 4.79 Å². The van der Waals surface area contributed by atoms with E-state index in [4.69, 9.17) is 11.2 Å². The number of nitriles is 1. The fourth-order valence-corrected chi connectivity index (χ4v) is 2.24. The molecule has 0 radical (unpaired) electrons. The van der Waals surface area contributed by atoms with E-state index in [2.05, 4.69) is 11.2 Å².